The molecular weight excluding hydrogens is 569 g/mol. The van der Waals surface area contributed by atoms with E-state index in [1.807, 2.05) is 20.8 Å². The molecule has 0 bridgehead atoms. The number of halogens is 2. The molecular formula is C30H35ClFN3O5S. The molecule has 220 valence electrons. The van der Waals surface area contributed by atoms with E-state index in [-0.39, 0.29) is 33.8 Å². The van der Waals surface area contributed by atoms with Crippen LogP contribution >= 0.6 is 11.6 Å². The second-order valence-corrected chi connectivity index (χ2v) is 12.4. The third kappa shape index (κ3) is 8.20. The van der Waals surface area contributed by atoms with Gasteiger partial charge < -0.3 is 15.0 Å². The standard InChI is InChI=1S/C30H35ClFN3O5S/c1-20(2)17-33-30(37)22(4)34(18-23-8-11-25(32)12-9-23)29(36)19-35(27-16-24(31)10-15-28(27)40-5)41(38,39)26-13-6-21(3)7-14-26/h6-16,20,22H,17-19H2,1-5H3,(H,33,37)/t22-/m1/s1. The summed E-state index contributed by atoms with van der Waals surface area (Å²) < 4.78 is 47.9. The van der Waals surface area contributed by atoms with Crippen LogP contribution in [0, 0.1) is 18.7 Å². The molecule has 3 aromatic rings. The number of carbonyl (C=O) groups is 2. The van der Waals surface area contributed by atoms with E-state index in [0.29, 0.717) is 12.1 Å². The van der Waals surface area contributed by atoms with Crippen LogP contribution < -0.4 is 14.4 Å². The van der Waals surface area contributed by atoms with Crippen molar-refractivity contribution < 1.29 is 27.1 Å². The lowest BCUT2D eigenvalue weighted by atomic mass is 10.1. The Hall–Kier alpha value is -3.63. The van der Waals surface area contributed by atoms with Crippen LogP contribution in [0.5, 0.6) is 5.75 Å². The average molecular weight is 604 g/mol. The third-order valence-corrected chi connectivity index (χ3v) is 8.42. The number of methoxy groups -OCH3 is 1. The topological polar surface area (TPSA) is 96.0 Å². The lowest BCUT2D eigenvalue weighted by Gasteiger charge is -2.32. The maximum Gasteiger partial charge on any atom is 0.264 e. The van der Waals surface area contributed by atoms with Gasteiger partial charge in [-0.15, -0.1) is 0 Å². The van der Waals surface area contributed by atoms with E-state index >= 15 is 0 Å². The van der Waals surface area contributed by atoms with E-state index in [1.165, 1.54) is 60.5 Å². The predicted molar refractivity (Wildman–Crippen MR) is 158 cm³/mol. The van der Waals surface area contributed by atoms with Crippen molar-refractivity contribution in [1.82, 2.24) is 10.2 Å². The van der Waals surface area contributed by atoms with Crippen LogP contribution in [0.1, 0.15) is 31.9 Å². The molecule has 0 fully saturated rings. The summed E-state index contributed by atoms with van der Waals surface area (Å²) in [5.74, 6) is -1.14. The van der Waals surface area contributed by atoms with Crippen molar-refractivity contribution in [3.63, 3.8) is 0 Å². The maximum absolute atomic E-state index is 14.0. The first-order chi connectivity index (χ1) is 19.3. The fourth-order valence-corrected chi connectivity index (χ4v) is 5.61. The largest absolute Gasteiger partial charge is 0.495 e. The van der Waals surface area contributed by atoms with E-state index in [1.54, 1.807) is 25.1 Å². The highest BCUT2D eigenvalue weighted by atomic mass is 35.5. The molecule has 0 saturated heterocycles. The average Bonchev–Trinajstić information content (AvgIpc) is 2.93. The first-order valence-electron chi connectivity index (χ1n) is 13.1. The second kappa shape index (κ2) is 13.8. The Balaban J connectivity index is 2.08. The maximum atomic E-state index is 14.0. The fraction of sp³-hybridized carbons (Fsp3) is 0.333. The lowest BCUT2D eigenvalue weighted by molar-refractivity contribution is -0.139. The normalized spacial score (nSPS) is 12.1. The van der Waals surface area contributed by atoms with Crippen LogP contribution in [0.4, 0.5) is 10.1 Å². The van der Waals surface area contributed by atoms with Gasteiger partial charge in [-0.25, -0.2) is 12.8 Å². The van der Waals surface area contributed by atoms with Gasteiger partial charge in [0.15, 0.2) is 0 Å². The third-order valence-electron chi connectivity index (χ3n) is 6.42. The number of amides is 2. The predicted octanol–water partition coefficient (Wildman–Crippen LogP) is 5.18. The SMILES string of the molecule is COc1ccc(Cl)cc1N(CC(=O)N(Cc1ccc(F)cc1)[C@H](C)C(=O)NCC(C)C)S(=O)(=O)c1ccc(C)cc1. The molecule has 0 aliphatic heterocycles. The van der Waals surface area contributed by atoms with E-state index in [0.717, 1.165) is 9.87 Å². The Morgan fingerprint density at radius 2 is 1.63 bits per heavy atom. The first kappa shape index (κ1) is 31.9. The van der Waals surface area contributed by atoms with Gasteiger partial charge in [0, 0.05) is 18.1 Å². The number of aryl methyl sites for hydroxylation is 1. The van der Waals surface area contributed by atoms with Gasteiger partial charge >= 0.3 is 0 Å². The Morgan fingerprint density at radius 1 is 1.00 bits per heavy atom. The van der Waals surface area contributed by atoms with Crippen molar-refractivity contribution >= 4 is 39.1 Å². The number of benzene rings is 3. The molecule has 3 rings (SSSR count). The van der Waals surface area contributed by atoms with Gasteiger partial charge in [-0.3, -0.25) is 13.9 Å². The zero-order valence-electron chi connectivity index (χ0n) is 23.7. The van der Waals surface area contributed by atoms with Crippen molar-refractivity contribution in [3.05, 3.63) is 88.7 Å². The zero-order chi connectivity index (χ0) is 30.3. The minimum atomic E-state index is -4.30. The minimum Gasteiger partial charge on any atom is -0.495 e. The van der Waals surface area contributed by atoms with Crippen LogP contribution in [0.25, 0.3) is 0 Å². The number of ether oxygens (including phenoxy) is 1. The highest BCUT2D eigenvalue weighted by Gasteiger charge is 2.34. The summed E-state index contributed by atoms with van der Waals surface area (Å²) in [4.78, 5) is 28.3. The molecule has 0 unspecified atom stereocenters. The minimum absolute atomic E-state index is 0.0364. The van der Waals surface area contributed by atoms with Gasteiger partial charge in [0.05, 0.1) is 17.7 Å². The fourth-order valence-electron chi connectivity index (χ4n) is 4.03. The highest BCUT2D eigenvalue weighted by Crippen LogP contribution is 2.35. The van der Waals surface area contributed by atoms with Crippen LogP contribution in [-0.4, -0.2) is 51.4 Å². The summed E-state index contributed by atoms with van der Waals surface area (Å²) in [7, 11) is -2.92. The van der Waals surface area contributed by atoms with Gasteiger partial charge in [0.25, 0.3) is 10.0 Å². The van der Waals surface area contributed by atoms with Gasteiger partial charge in [-0.2, -0.15) is 0 Å². The van der Waals surface area contributed by atoms with Crippen LogP contribution in [-0.2, 0) is 26.2 Å². The number of nitrogens with one attached hydrogen (secondary N) is 1. The smallest absolute Gasteiger partial charge is 0.264 e. The Morgan fingerprint density at radius 3 is 2.22 bits per heavy atom. The van der Waals surface area contributed by atoms with E-state index in [9.17, 15) is 22.4 Å². The molecule has 1 N–H and O–H groups in total. The molecule has 0 radical (unpaired) electrons. The van der Waals surface area contributed by atoms with E-state index < -0.39 is 40.2 Å². The van der Waals surface area contributed by atoms with Crippen LogP contribution in [0.15, 0.2) is 71.6 Å². The molecule has 0 saturated carbocycles. The molecule has 0 aromatic heterocycles. The molecule has 8 nitrogen and oxygen atoms in total. The Kier molecular flexibility index (Phi) is 10.8. The quantitative estimate of drug-likeness (QED) is 0.308. The molecule has 11 heteroatoms. The molecule has 0 aliphatic carbocycles. The van der Waals surface area contributed by atoms with Crippen molar-refractivity contribution in [2.45, 2.75) is 45.2 Å². The van der Waals surface area contributed by atoms with Crippen molar-refractivity contribution in [2.24, 2.45) is 5.92 Å². The molecule has 2 amide bonds. The molecule has 3 aromatic carbocycles. The molecule has 0 spiro atoms. The summed E-state index contributed by atoms with van der Waals surface area (Å²) in [5.41, 5.74) is 1.49. The monoisotopic (exact) mass is 603 g/mol. The number of anilines is 1. The zero-order valence-corrected chi connectivity index (χ0v) is 25.3. The molecule has 0 heterocycles. The van der Waals surface area contributed by atoms with Crippen molar-refractivity contribution in [1.29, 1.82) is 0 Å². The summed E-state index contributed by atoms with van der Waals surface area (Å²) in [6, 6.07) is 15.3. The van der Waals surface area contributed by atoms with Gasteiger partial charge in [-0.05, 0) is 67.8 Å². The number of carbonyl (C=O) groups excluding carboxylic acids is 2. The highest BCUT2D eigenvalue weighted by molar-refractivity contribution is 7.92. The van der Waals surface area contributed by atoms with E-state index in [2.05, 4.69) is 5.32 Å². The molecule has 41 heavy (non-hydrogen) atoms. The Bertz CT molecular complexity index is 1460. The summed E-state index contributed by atoms with van der Waals surface area (Å²) >= 11 is 6.25. The van der Waals surface area contributed by atoms with Gasteiger partial charge in [-0.1, -0.05) is 55.3 Å². The van der Waals surface area contributed by atoms with Crippen molar-refractivity contribution in [2.75, 3.05) is 24.5 Å². The second-order valence-electron chi connectivity index (χ2n) is 10.1. The number of hydrogen-bond acceptors (Lipinski definition) is 5. The molecule has 1 atom stereocenters. The number of rotatable bonds is 12. The van der Waals surface area contributed by atoms with Crippen molar-refractivity contribution in [3.8, 4) is 5.75 Å². The summed E-state index contributed by atoms with van der Waals surface area (Å²) in [5, 5.41) is 3.06. The van der Waals surface area contributed by atoms with Crippen LogP contribution in [0.2, 0.25) is 5.02 Å². The first-order valence-corrected chi connectivity index (χ1v) is 14.9. The van der Waals surface area contributed by atoms with Gasteiger partial charge in [0.2, 0.25) is 11.8 Å². The van der Waals surface area contributed by atoms with Crippen LogP contribution in [0.3, 0.4) is 0 Å². The Labute approximate surface area is 246 Å². The lowest BCUT2D eigenvalue weighted by Crippen LogP contribution is -2.51. The van der Waals surface area contributed by atoms with Gasteiger partial charge in [0.1, 0.15) is 24.2 Å². The number of nitrogens with zero attached hydrogens (tertiary/aromatic N) is 2. The van der Waals surface area contributed by atoms with E-state index in [4.69, 9.17) is 16.3 Å². The molecule has 0 aliphatic rings. The number of sulfonamides is 1. The summed E-state index contributed by atoms with van der Waals surface area (Å²) in [6.07, 6.45) is 0. The summed E-state index contributed by atoms with van der Waals surface area (Å²) in [6.45, 7) is 6.97. The number of hydrogen-bond donors (Lipinski definition) is 1.